The van der Waals surface area contributed by atoms with Gasteiger partial charge in [-0.05, 0) is 64.2 Å². The van der Waals surface area contributed by atoms with Gasteiger partial charge in [0, 0.05) is 12.8 Å². The molecule has 0 aromatic heterocycles. The monoisotopic (exact) mass is 729 g/mol. The molecule has 0 aromatic carbocycles. The highest BCUT2D eigenvalue weighted by Gasteiger charge is 2.27. The topological polar surface area (TPSA) is 108 Å². The first-order valence-corrected chi connectivity index (χ1v) is 21.2. The Morgan fingerprint density at radius 1 is 0.620 bits per heavy atom. The van der Waals surface area contributed by atoms with E-state index in [2.05, 4.69) is 50.3 Å². The summed E-state index contributed by atoms with van der Waals surface area (Å²) in [5, 5.41) is 0. The molecule has 0 aromatic rings. The number of carbonyl (C=O) groups is 2. The van der Waals surface area contributed by atoms with Crippen LogP contribution < -0.4 is 0 Å². The van der Waals surface area contributed by atoms with Crippen molar-refractivity contribution in [2.75, 3.05) is 47.5 Å². The van der Waals surface area contributed by atoms with Gasteiger partial charge in [-0.15, -0.1) is 0 Å². The molecule has 0 heterocycles. The highest BCUT2D eigenvalue weighted by atomic mass is 31.2. The molecule has 0 saturated heterocycles. The fourth-order valence-electron chi connectivity index (χ4n) is 4.96. The number of quaternary nitrogens is 1. The molecule has 10 heteroatoms. The van der Waals surface area contributed by atoms with Crippen molar-refractivity contribution in [3.63, 3.8) is 0 Å². The molecule has 0 aliphatic heterocycles. The first-order valence-electron chi connectivity index (χ1n) is 19.7. The maximum absolute atomic E-state index is 12.6. The summed E-state index contributed by atoms with van der Waals surface area (Å²) < 4.78 is 34.1. The maximum Gasteiger partial charge on any atom is 0.472 e. The molecule has 1 unspecified atom stereocenters. The first-order chi connectivity index (χ1) is 24.0. The number of nitrogens with zero attached hydrogens (tertiary/aromatic N) is 1. The fraction of sp³-hybridized carbons (Fsp3) is 0.800. The molecule has 0 fully saturated rings. The molecule has 50 heavy (non-hydrogen) atoms. The Bertz CT molecular complexity index is 959. The van der Waals surface area contributed by atoms with Gasteiger partial charge in [0.05, 0.1) is 27.7 Å². The van der Waals surface area contributed by atoms with Gasteiger partial charge in [0.15, 0.2) is 6.10 Å². The normalized spacial score (nSPS) is 14.1. The largest absolute Gasteiger partial charge is 0.472 e. The summed E-state index contributed by atoms with van der Waals surface area (Å²) >= 11 is 0. The van der Waals surface area contributed by atoms with E-state index < -0.39 is 26.5 Å². The average molecular weight is 729 g/mol. The summed E-state index contributed by atoms with van der Waals surface area (Å²) in [6.45, 7) is 4.31. The lowest BCUT2D eigenvalue weighted by Crippen LogP contribution is -2.37. The van der Waals surface area contributed by atoms with Crippen LogP contribution in [0.2, 0.25) is 0 Å². The summed E-state index contributed by atoms with van der Waals surface area (Å²) in [7, 11) is 1.46. The van der Waals surface area contributed by atoms with Crippen LogP contribution in [0.15, 0.2) is 36.5 Å². The van der Waals surface area contributed by atoms with E-state index in [1.54, 1.807) is 0 Å². The molecular formula is C40H75NO8P+. The van der Waals surface area contributed by atoms with Crippen molar-refractivity contribution in [2.45, 2.75) is 161 Å². The van der Waals surface area contributed by atoms with E-state index in [-0.39, 0.29) is 32.0 Å². The number of ether oxygens (including phenoxy) is 2. The lowest BCUT2D eigenvalue weighted by molar-refractivity contribution is -0.870. The van der Waals surface area contributed by atoms with Crippen molar-refractivity contribution in [3.8, 4) is 0 Å². The third kappa shape index (κ3) is 36.0. The lowest BCUT2D eigenvalue weighted by Gasteiger charge is -2.24. The van der Waals surface area contributed by atoms with E-state index in [1.165, 1.54) is 38.5 Å². The minimum Gasteiger partial charge on any atom is -0.462 e. The van der Waals surface area contributed by atoms with Crippen molar-refractivity contribution < 1.29 is 42.1 Å². The zero-order valence-corrected chi connectivity index (χ0v) is 33.5. The molecule has 1 N–H and O–H groups in total. The minimum absolute atomic E-state index is 0.0270. The predicted molar refractivity (Wildman–Crippen MR) is 206 cm³/mol. The van der Waals surface area contributed by atoms with Gasteiger partial charge in [-0.1, -0.05) is 115 Å². The van der Waals surface area contributed by atoms with Gasteiger partial charge in [0.25, 0.3) is 0 Å². The molecule has 9 nitrogen and oxygen atoms in total. The van der Waals surface area contributed by atoms with Gasteiger partial charge < -0.3 is 18.9 Å². The molecule has 0 rings (SSSR count). The number of esters is 2. The third-order valence-electron chi connectivity index (χ3n) is 8.14. The second-order valence-electron chi connectivity index (χ2n) is 14.3. The van der Waals surface area contributed by atoms with Gasteiger partial charge in [-0.25, -0.2) is 4.57 Å². The van der Waals surface area contributed by atoms with E-state index in [0.717, 1.165) is 83.5 Å². The quantitative estimate of drug-likeness (QED) is 0.0226. The van der Waals surface area contributed by atoms with Crippen molar-refractivity contribution in [3.05, 3.63) is 36.5 Å². The molecule has 0 amide bonds. The Labute approximate surface area is 306 Å². The van der Waals surface area contributed by atoms with Gasteiger partial charge in [0.1, 0.15) is 19.8 Å². The van der Waals surface area contributed by atoms with E-state index >= 15 is 0 Å². The predicted octanol–water partition coefficient (Wildman–Crippen LogP) is 10.6. The minimum atomic E-state index is -4.37. The maximum atomic E-state index is 12.6. The number of unbranched alkanes of at least 4 members (excludes halogenated alkanes) is 15. The summed E-state index contributed by atoms with van der Waals surface area (Å²) in [5.74, 6) is -0.829. The number of likely N-dealkylation sites (N-methyl/N-ethyl adjacent to an activating group) is 1. The van der Waals surface area contributed by atoms with E-state index in [4.69, 9.17) is 18.5 Å². The van der Waals surface area contributed by atoms with E-state index in [1.807, 2.05) is 21.1 Å². The SMILES string of the molecule is CCCC/C=C\CCCCCCCC(=O)OC[C@H](COP(=O)(O)OCC[N+](C)(C)C)OC(=O)CCCCCCC/C=C\C/C=C\CCCCC. The number of hydrogen-bond donors (Lipinski definition) is 1. The molecule has 0 spiro atoms. The Hall–Kier alpha value is -1.77. The van der Waals surface area contributed by atoms with Crippen LogP contribution >= 0.6 is 7.82 Å². The van der Waals surface area contributed by atoms with Crippen LogP contribution in [0.5, 0.6) is 0 Å². The standard InChI is InChI=1S/C40H74NO8P/c1-6-8-10-12-14-16-18-19-20-21-23-25-27-29-31-33-40(43)49-38(37-48-50(44,45)47-35-34-41(3,4)5)36-46-39(42)32-30-28-26-24-22-17-15-13-11-9-7-2/h13-16,19-20,38H,6-12,17-18,21-37H2,1-5H3/p+1/b15-13-,16-14-,20-19-/t38-/m1/s1. The number of phosphoric ester groups is 1. The van der Waals surface area contributed by atoms with Crippen LogP contribution in [-0.4, -0.2) is 74.9 Å². The molecule has 0 aliphatic rings. The van der Waals surface area contributed by atoms with Crippen molar-refractivity contribution in [1.29, 1.82) is 0 Å². The zero-order chi connectivity index (χ0) is 37.2. The van der Waals surface area contributed by atoms with Gasteiger partial charge >= 0.3 is 19.8 Å². The summed E-state index contributed by atoms with van der Waals surface area (Å²) in [4.78, 5) is 35.2. The van der Waals surface area contributed by atoms with Crippen LogP contribution in [-0.2, 0) is 32.7 Å². The van der Waals surface area contributed by atoms with Crippen molar-refractivity contribution in [1.82, 2.24) is 0 Å². The van der Waals surface area contributed by atoms with Gasteiger partial charge in [-0.3, -0.25) is 18.6 Å². The average Bonchev–Trinajstić information content (AvgIpc) is 3.06. The summed E-state index contributed by atoms with van der Waals surface area (Å²) in [6, 6.07) is 0. The molecular weight excluding hydrogens is 653 g/mol. The van der Waals surface area contributed by atoms with Crippen LogP contribution in [0.4, 0.5) is 0 Å². The van der Waals surface area contributed by atoms with Crippen LogP contribution in [0, 0.1) is 0 Å². The van der Waals surface area contributed by atoms with E-state index in [0.29, 0.717) is 17.4 Å². The Morgan fingerprint density at radius 2 is 1.10 bits per heavy atom. The second kappa shape index (κ2) is 33.1. The third-order valence-corrected chi connectivity index (χ3v) is 9.13. The van der Waals surface area contributed by atoms with Crippen LogP contribution in [0.3, 0.4) is 0 Å². The summed E-state index contributed by atoms with van der Waals surface area (Å²) in [5.41, 5.74) is 0. The number of phosphoric acid groups is 1. The Kier molecular flexibility index (Phi) is 31.9. The van der Waals surface area contributed by atoms with Crippen molar-refractivity contribution >= 4 is 19.8 Å². The lowest BCUT2D eigenvalue weighted by atomic mass is 10.1. The Balaban J connectivity index is 4.46. The molecule has 2 atom stereocenters. The Morgan fingerprint density at radius 3 is 1.66 bits per heavy atom. The highest BCUT2D eigenvalue weighted by molar-refractivity contribution is 7.47. The summed E-state index contributed by atoms with van der Waals surface area (Å²) in [6.07, 6.45) is 34.7. The first kappa shape index (κ1) is 48.2. The zero-order valence-electron chi connectivity index (χ0n) is 32.6. The second-order valence-corrected chi connectivity index (χ2v) is 15.8. The number of hydrogen-bond acceptors (Lipinski definition) is 7. The fourth-order valence-corrected chi connectivity index (χ4v) is 5.71. The molecule has 292 valence electrons. The number of rotatable bonds is 35. The van der Waals surface area contributed by atoms with Crippen LogP contribution in [0.1, 0.15) is 155 Å². The number of allylic oxidation sites excluding steroid dienone is 6. The van der Waals surface area contributed by atoms with E-state index in [9.17, 15) is 19.0 Å². The highest BCUT2D eigenvalue weighted by Crippen LogP contribution is 2.43. The molecule has 0 radical (unpaired) electrons. The van der Waals surface area contributed by atoms with Crippen molar-refractivity contribution in [2.24, 2.45) is 0 Å². The molecule has 0 bridgehead atoms. The van der Waals surface area contributed by atoms with Gasteiger partial charge in [0.2, 0.25) is 0 Å². The van der Waals surface area contributed by atoms with Crippen LogP contribution in [0.25, 0.3) is 0 Å². The number of carbonyl (C=O) groups excluding carboxylic acids is 2. The molecule has 0 aliphatic carbocycles. The van der Waals surface area contributed by atoms with Gasteiger partial charge in [-0.2, -0.15) is 0 Å². The smallest absolute Gasteiger partial charge is 0.462 e. The molecule has 0 saturated carbocycles.